The quantitative estimate of drug-likeness (QED) is 0.820. The van der Waals surface area contributed by atoms with Gasteiger partial charge in [0.25, 0.3) is 5.91 Å². The molecule has 0 unspecified atom stereocenters. The second-order valence-corrected chi connectivity index (χ2v) is 7.41. The van der Waals surface area contributed by atoms with Crippen LogP contribution in [0.1, 0.15) is 21.9 Å². The minimum Gasteiger partial charge on any atom is -0.435 e. The Bertz CT molecular complexity index is 935. The van der Waals surface area contributed by atoms with Crippen LogP contribution in [0.5, 0.6) is 5.75 Å². The number of ether oxygens (including phenoxy) is 1. The number of fused-ring (bicyclic) bond motifs is 1. The average Bonchev–Trinajstić information content (AvgIpc) is 2.60. The monoisotopic (exact) mass is 384 g/mol. The minimum absolute atomic E-state index is 0.0459. The molecule has 0 atom stereocenters. The number of aromatic nitrogens is 2. The number of carbonyl (C=O) groups is 1. The maximum Gasteiger partial charge on any atom is 0.387 e. The molecule has 26 heavy (non-hydrogen) atoms. The lowest BCUT2D eigenvalue weighted by Crippen LogP contribution is -2.37. The first-order valence-corrected chi connectivity index (χ1v) is 8.91. The molecule has 0 bridgehead atoms. The Kier molecular flexibility index (Phi) is 4.83. The van der Waals surface area contributed by atoms with E-state index in [0.717, 1.165) is 17.7 Å². The molecule has 0 spiro atoms. The smallest absolute Gasteiger partial charge is 0.387 e. The molecular weight excluding hydrogens is 370 g/mol. The van der Waals surface area contributed by atoms with Crippen LogP contribution in [-0.2, 0) is 23.0 Å². The molecule has 0 fully saturated rings. The SMILES string of the molecule is NC(=O)c1ncc2c(n1)CN(S(=O)(=O)c1ccc(OC(F)F)cc1)CC2. The molecule has 0 saturated heterocycles. The van der Waals surface area contributed by atoms with E-state index in [1.54, 1.807) is 0 Å². The van der Waals surface area contributed by atoms with Crippen LogP contribution in [0.3, 0.4) is 0 Å². The molecule has 0 aliphatic carbocycles. The second-order valence-electron chi connectivity index (χ2n) is 5.47. The fourth-order valence-corrected chi connectivity index (χ4v) is 3.95. The zero-order chi connectivity index (χ0) is 18.9. The van der Waals surface area contributed by atoms with Crippen molar-refractivity contribution in [2.75, 3.05) is 6.54 Å². The van der Waals surface area contributed by atoms with Gasteiger partial charge < -0.3 is 10.5 Å². The molecule has 1 aromatic heterocycles. The van der Waals surface area contributed by atoms with Gasteiger partial charge in [-0.1, -0.05) is 0 Å². The number of sulfonamides is 1. The van der Waals surface area contributed by atoms with Crippen LogP contribution in [0, 0.1) is 0 Å². The number of nitrogens with zero attached hydrogens (tertiary/aromatic N) is 3. The van der Waals surface area contributed by atoms with Crippen LogP contribution < -0.4 is 10.5 Å². The maximum atomic E-state index is 12.8. The summed E-state index contributed by atoms with van der Waals surface area (Å²) in [5, 5.41) is 0. The number of carbonyl (C=O) groups excluding carboxylic acids is 1. The molecule has 1 aromatic carbocycles. The van der Waals surface area contributed by atoms with Gasteiger partial charge in [0, 0.05) is 12.7 Å². The molecule has 2 aromatic rings. The summed E-state index contributed by atoms with van der Waals surface area (Å²) in [4.78, 5) is 19.0. The van der Waals surface area contributed by atoms with Crippen molar-refractivity contribution in [3.05, 3.63) is 47.5 Å². The third kappa shape index (κ3) is 3.63. The first-order valence-electron chi connectivity index (χ1n) is 7.47. The Morgan fingerprint density at radius 3 is 2.58 bits per heavy atom. The Morgan fingerprint density at radius 2 is 1.96 bits per heavy atom. The minimum atomic E-state index is -3.87. The van der Waals surface area contributed by atoms with Crippen molar-refractivity contribution in [2.45, 2.75) is 24.5 Å². The predicted octanol–water partition coefficient (Wildman–Crippen LogP) is 0.924. The van der Waals surface area contributed by atoms with Crippen LogP contribution in [-0.4, -0.2) is 41.8 Å². The highest BCUT2D eigenvalue weighted by molar-refractivity contribution is 7.89. The lowest BCUT2D eigenvalue weighted by molar-refractivity contribution is -0.0498. The summed E-state index contributed by atoms with van der Waals surface area (Å²) in [7, 11) is -3.87. The maximum absolute atomic E-state index is 12.8. The molecule has 1 aliphatic rings. The van der Waals surface area contributed by atoms with Crippen molar-refractivity contribution in [1.82, 2.24) is 14.3 Å². The first kappa shape index (κ1) is 18.1. The van der Waals surface area contributed by atoms with Gasteiger partial charge in [0.2, 0.25) is 15.8 Å². The zero-order valence-corrected chi connectivity index (χ0v) is 14.1. The second kappa shape index (κ2) is 6.92. The van der Waals surface area contributed by atoms with E-state index < -0.39 is 22.5 Å². The Hall–Kier alpha value is -2.66. The summed E-state index contributed by atoms with van der Waals surface area (Å²) in [6.45, 7) is -2.84. The Balaban J connectivity index is 1.84. The summed E-state index contributed by atoms with van der Waals surface area (Å²) in [5.74, 6) is -1.12. The number of alkyl halides is 2. The van der Waals surface area contributed by atoms with Gasteiger partial charge in [-0.3, -0.25) is 4.79 Å². The summed E-state index contributed by atoms with van der Waals surface area (Å²) >= 11 is 0. The number of nitrogens with two attached hydrogens (primary N) is 1. The van der Waals surface area contributed by atoms with Gasteiger partial charge in [0.1, 0.15) is 5.75 Å². The molecule has 138 valence electrons. The van der Waals surface area contributed by atoms with E-state index in [9.17, 15) is 22.0 Å². The standard InChI is InChI=1S/C15H14F2N4O4S/c16-15(17)25-10-1-3-11(4-2-10)26(23,24)21-6-5-9-7-19-14(13(18)22)20-12(9)8-21/h1-4,7,15H,5-6,8H2,(H2,18,22). The molecule has 3 rings (SSSR count). The van der Waals surface area contributed by atoms with Gasteiger partial charge in [-0.25, -0.2) is 18.4 Å². The number of amides is 1. The molecule has 0 saturated carbocycles. The van der Waals surface area contributed by atoms with E-state index in [1.165, 1.54) is 22.6 Å². The molecule has 1 amide bonds. The van der Waals surface area contributed by atoms with Crippen LogP contribution in [0.25, 0.3) is 0 Å². The Morgan fingerprint density at radius 1 is 1.27 bits per heavy atom. The lowest BCUT2D eigenvalue weighted by Gasteiger charge is -2.27. The summed E-state index contributed by atoms with van der Waals surface area (Å²) in [5.41, 5.74) is 6.29. The summed E-state index contributed by atoms with van der Waals surface area (Å²) in [6.07, 6.45) is 1.84. The van der Waals surface area contributed by atoms with Crippen molar-refractivity contribution >= 4 is 15.9 Å². The van der Waals surface area contributed by atoms with Crippen LogP contribution >= 0.6 is 0 Å². The zero-order valence-electron chi connectivity index (χ0n) is 13.3. The number of primary amides is 1. The molecule has 2 N–H and O–H groups in total. The van der Waals surface area contributed by atoms with Gasteiger partial charge in [0.15, 0.2) is 0 Å². The van der Waals surface area contributed by atoms with Crippen molar-refractivity contribution in [1.29, 1.82) is 0 Å². The number of hydrogen-bond acceptors (Lipinski definition) is 6. The number of rotatable bonds is 5. The van der Waals surface area contributed by atoms with E-state index in [1.807, 2.05) is 0 Å². The van der Waals surface area contributed by atoms with Crippen LogP contribution in [0.4, 0.5) is 8.78 Å². The highest BCUT2D eigenvalue weighted by Crippen LogP contribution is 2.25. The van der Waals surface area contributed by atoms with E-state index in [4.69, 9.17) is 5.73 Å². The van der Waals surface area contributed by atoms with E-state index in [2.05, 4.69) is 14.7 Å². The summed E-state index contributed by atoms with van der Waals surface area (Å²) in [6, 6.07) is 4.70. The van der Waals surface area contributed by atoms with Crippen molar-refractivity contribution in [3.8, 4) is 5.75 Å². The molecule has 8 nitrogen and oxygen atoms in total. The highest BCUT2D eigenvalue weighted by Gasteiger charge is 2.29. The highest BCUT2D eigenvalue weighted by atomic mass is 32.2. The number of hydrogen-bond donors (Lipinski definition) is 1. The molecule has 2 heterocycles. The van der Waals surface area contributed by atoms with E-state index >= 15 is 0 Å². The third-order valence-corrected chi connectivity index (χ3v) is 5.68. The first-order chi connectivity index (χ1) is 12.3. The third-order valence-electron chi connectivity index (χ3n) is 3.82. The van der Waals surface area contributed by atoms with Gasteiger partial charge in [-0.05, 0) is 36.2 Å². The van der Waals surface area contributed by atoms with Gasteiger partial charge in [-0.2, -0.15) is 13.1 Å². The fourth-order valence-electron chi connectivity index (χ4n) is 2.55. The fraction of sp³-hybridized carbons (Fsp3) is 0.267. The predicted molar refractivity (Wildman–Crippen MR) is 84.9 cm³/mol. The molecule has 0 radical (unpaired) electrons. The molecule has 1 aliphatic heterocycles. The van der Waals surface area contributed by atoms with E-state index in [0.29, 0.717) is 12.1 Å². The number of halogens is 2. The van der Waals surface area contributed by atoms with Gasteiger partial charge >= 0.3 is 6.61 Å². The average molecular weight is 384 g/mol. The van der Waals surface area contributed by atoms with Crippen molar-refractivity contribution < 1.29 is 26.7 Å². The van der Waals surface area contributed by atoms with E-state index in [-0.39, 0.29) is 29.6 Å². The van der Waals surface area contributed by atoms with Crippen molar-refractivity contribution in [3.63, 3.8) is 0 Å². The lowest BCUT2D eigenvalue weighted by atomic mass is 10.1. The van der Waals surface area contributed by atoms with Gasteiger partial charge in [0.05, 0.1) is 17.1 Å². The molecular formula is C15H14F2N4O4S. The molecule has 11 heteroatoms. The largest absolute Gasteiger partial charge is 0.435 e. The number of benzene rings is 1. The van der Waals surface area contributed by atoms with Crippen LogP contribution in [0.15, 0.2) is 35.4 Å². The van der Waals surface area contributed by atoms with Crippen molar-refractivity contribution in [2.24, 2.45) is 5.73 Å². The van der Waals surface area contributed by atoms with Gasteiger partial charge in [-0.15, -0.1) is 0 Å². The van der Waals surface area contributed by atoms with Crippen LogP contribution in [0.2, 0.25) is 0 Å². The normalized spacial score (nSPS) is 14.9. The summed E-state index contributed by atoms with van der Waals surface area (Å²) < 4.78 is 55.3. The Labute approximate surface area is 147 Å². The topological polar surface area (TPSA) is 115 Å².